The molecule has 0 aliphatic heterocycles. The number of aryl methyl sites for hydroxylation is 1. The van der Waals surface area contributed by atoms with Crippen LogP contribution in [0.3, 0.4) is 0 Å². The molecule has 0 saturated carbocycles. The minimum Gasteiger partial charge on any atom is -0.355 e. The smallest absolute Gasteiger partial charge is 0.0460 e. The third-order valence-corrected chi connectivity index (χ3v) is 2.48. The second-order valence-corrected chi connectivity index (χ2v) is 3.79. The molecule has 80 valence electrons. The number of para-hydroxylation sites is 1. The lowest BCUT2D eigenvalue weighted by Gasteiger charge is -2.10. The van der Waals surface area contributed by atoms with Gasteiger partial charge in [-0.3, -0.25) is 0 Å². The third-order valence-electron chi connectivity index (χ3n) is 2.48. The molecule has 0 atom stereocenters. The number of anilines is 2. The topological polar surface area (TPSA) is 12.0 Å². The average molecular weight is 209 g/mol. The minimum atomic E-state index is 1.09. The van der Waals surface area contributed by atoms with Crippen LogP contribution in [0.4, 0.5) is 11.4 Å². The van der Waals surface area contributed by atoms with E-state index in [1.807, 2.05) is 24.3 Å². The molecule has 2 aromatic carbocycles. The van der Waals surface area contributed by atoms with Gasteiger partial charge in [0.05, 0.1) is 0 Å². The molecule has 0 aliphatic rings. The summed E-state index contributed by atoms with van der Waals surface area (Å²) in [5.74, 6) is 0. The first-order valence-corrected chi connectivity index (χ1v) is 5.35. The first-order chi connectivity index (χ1) is 7.79. The summed E-state index contributed by atoms with van der Waals surface area (Å²) < 4.78 is 0. The van der Waals surface area contributed by atoms with Gasteiger partial charge in [-0.2, -0.15) is 0 Å². The van der Waals surface area contributed by atoms with E-state index in [1.165, 1.54) is 5.56 Å². The molecule has 0 heterocycles. The lowest BCUT2D eigenvalue weighted by molar-refractivity contribution is 1.44. The maximum absolute atomic E-state index is 3.82. The number of hydrogen-bond acceptors (Lipinski definition) is 1. The van der Waals surface area contributed by atoms with Crippen molar-refractivity contribution in [1.82, 2.24) is 0 Å². The largest absolute Gasteiger partial charge is 0.355 e. The fourth-order valence-corrected chi connectivity index (χ4v) is 1.63. The Morgan fingerprint density at radius 1 is 1.06 bits per heavy atom. The van der Waals surface area contributed by atoms with Crippen LogP contribution in [0, 0.1) is 6.92 Å². The molecular formula is C15H15N. The molecule has 2 aromatic rings. The summed E-state index contributed by atoms with van der Waals surface area (Å²) in [5, 5.41) is 3.39. The van der Waals surface area contributed by atoms with Crippen molar-refractivity contribution in [2.24, 2.45) is 0 Å². The number of hydrogen-bond donors (Lipinski definition) is 1. The van der Waals surface area contributed by atoms with Crippen molar-refractivity contribution < 1.29 is 0 Å². The Morgan fingerprint density at radius 2 is 1.81 bits per heavy atom. The highest BCUT2D eigenvalue weighted by molar-refractivity contribution is 5.71. The Labute approximate surface area is 96.4 Å². The molecular weight excluding hydrogens is 194 g/mol. The van der Waals surface area contributed by atoms with E-state index in [1.54, 1.807) is 0 Å². The van der Waals surface area contributed by atoms with Crippen LogP contribution >= 0.6 is 0 Å². The van der Waals surface area contributed by atoms with Crippen molar-refractivity contribution in [3.05, 3.63) is 66.2 Å². The van der Waals surface area contributed by atoms with Gasteiger partial charge in [-0.25, -0.2) is 0 Å². The molecule has 0 amide bonds. The van der Waals surface area contributed by atoms with Gasteiger partial charge in [-0.1, -0.05) is 43.0 Å². The second-order valence-electron chi connectivity index (χ2n) is 3.79. The number of rotatable bonds is 3. The molecule has 0 aromatic heterocycles. The van der Waals surface area contributed by atoms with Crippen LogP contribution in [0.15, 0.2) is 55.1 Å². The lowest BCUT2D eigenvalue weighted by atomic mass is 10.1. The summed E-state index contributed by atoms with van der Waals surface area (Å²) in [4.78, 5) is 0. The zero-order valence-corrected chi connectivity index (χ0v) is 9.40. The van der Waals surface area contributed by atoms with Gasteiger partial charge < -0.3 is 5.32 Å². The highest BCUT2D eigenvalue weighted by Gasteiger charge is 1.99. The Bertz CT molecular complexity index is 486. The maximum Gasteiger partial charge on any atom is 0.0460 e. The fourth-order valence-electron chi connectivity index (χ4n) is 1.63. The van der Waals surface area contributed by atoms with Gasteiger partial charge in [0, 0.05) is 11.4 Å². The summed E-state index contributed by atoms with van der Waals surface area (Å²) in [6.45, 7) is 5.91. The van der Waals surface area contributed by atoms with E-state index in [2.05, 4.69) is 49.2 Å². The molecule has 0 unspecified atom stereocenters. The van der Waals surface area contributed by atoms with Gasteiger partial charge in [0.15, 0.2) is 0 Å². The van der Waals surface area contributed by atoms with Crippen LogP contribution in [0.5, 0.6) is 0 Å². The number of benzene rings is 2. The molecule has 1 heteroatoms. The van der Waals surface area contributed by atoms with Crippen molar-refractivity contribution in [2.75, 3.05) is 5.32 Å². The van der Waals surface area contributed by atoms with Crippen LogP contribution < -0.4 is 5.32 Å². The van der Waals surface area contributed by atoms with Crippen molar-refractivity contribution in [2.45, 2.75) is 6.92 Å². The number of nitrogens with one attached hydrogen (secondary N) is 1. The summed E-state index contributed by atoms with van der Waals surface area (Å²) in [7, 11) is 0. The molecule has 0 saturated heterocycles. The molecule has 0 aliphatic carbocycles. The van der Waals surface area contributed by atoms with Crippen LogP contribution in [-0.2, 0) is 0 Å². The minimum absolute atomic E-state index is 1.09. The van der Waals surface area contributed by atoms with Crippen molar-refractivity contribution in [1.29, 1.82) is 0 Å². The van der Waals surface area contributed by atoms with E-state index >= 15 is 0 Å². The van der Waals surface area contributed by atoms with E-state index in [0.29, 0.717) is 0 Å². The summed E-state index contributed by atoms with van der Waals surface area (Å²) in [6.07, 6.45) is 1.87. The van der Waals surface area contributed by atoms with Crippen molar-refractivity contribution >= 4 is 17.5 Å². The normalized spacial score (nSPS) is 9.81. The van der Waals surface area contributed by atoms with Gasteiger partial charge in [0.2, 0.25) is 0 Å². The quantitative estimate of drug-likeness (QED) is 0.791. The highest BCUT2D eigenvalue weighted by atomic mass is 14.9. The molecule has 2 rings (SSSR count). The first kappa shape index (κ1) is 10.5. The molecule has 16 heavy (non-hydrogen) atoms. The SMILES string of the molecule is C=Cc1ccc(C)cc1Nc1ccccc1. The zero-order chi connectivity index (χ0) is 11.4. The van der Waals surface area contributed by atoms with E-state index in [0.717, 1.165) is 16.9 Å². The Balaban J connectivity index is 2.33. The van der Waals surface area contributed by atoms with Crippen LogP contribution in [0.1, 0.15) is 11.1 Å². The average Bonchev–Trinajstić information content (AvgIpc) is 2.31. The van der Waals surface area contributed by atoms with Gasteiger partial charge in [0.1, 0.15) is 0 Å². The summed E-state index contributed by atoms with van der Waals surface area (Å²) in [6, 6.07) is 16.4. The first-order valence-electron chi connectivity index (χ1n) is 5.35. The van der Waals surface area contributed by atoms with Crippen molar-refractivity contribution in [3.63, 3.8) is 0 Å². The van der Waals surface area contributed by atoms with Gasteiger partial charge in [0.25, 0.3) is 0 Å². The van der Waals surface area contributed by atoms with Gasteiger partial charge >= 0.3 is 0 Å². The zero-order valence-electron chi connectivity index (χ0n) is 9.40. The molecule has 0 spiro atoms. The molecule has 0 fully saturated rings. The standard InChI is InChI=1S/C15H15N/c1-3-13-10-9-12(2)11-15(13)16-14-7-5-4-6-8-14/h3-11,16H,1H2,2H3. The Kier molecular flexibility index (Phi) is 3.06. The predicted octanol–water partition coefficient (Wildman–Crippen LogP) is 4.38. The molecule has 0 bridgehead atoms. The van der Waals surface area contributed by atoms with Crippen molar-refractivity contribution in [3.8, 4) is 0 Å². The van der Waals surface area contributed by atoms with E-state index < -0.39 is 0 Å². The monoisotopic (exact) mass is 209 g/mol. The maximum atomic E-state index is 3.82. The lowest BCUT2D eigenvalue weighted by Crippen LogP contribution is -1.93. The molecule has 1 N–H and O–H groups in total. The molecule has 0 radical (unpaired) electrons. The van der Waals surface area contributed by atoms with Gasteiger partial charge in [-0.05, 0) is 36.2 Å². The molecule has 1 nitrogen and oxygen atoms in total. The van der Waals surface area contributed by atoms with Gasteiger partial charge in [-0.15, -0.1) is 0 Å². The Hall–Kier alpha value is -2.02. The van der Waals surface area contributed by atoms with Crippen LogP contribution in [-0.4, -0.2) is 0 Å². The van der Waals surface area contributed by atoms with Crippen LogP contribution in [0.25, 0.3) is 6.08 Å². The fraction of sp³-hybridized carbons (Fsp3) is 0.0667. The summed E-state index contributed by atoms with van der Waals surface area (Å²) >= 11 is 0. The van der Waals surface area contributed by atoms with E-state index in [4.69, 9.17) is 0 Å². The Morgan fingerprint density at radius 3 is 2.50 bits per heavy atom. The van der Waals surface area contributed by atoms with E-state index in [-0.39, 0.29) is 0 Å². The third kappa shape index (κ3) is 2.31. The summed E-state index contributed by atoms with van der Waals surface area (Å²) in [5.41, 5.74) is 4.55. The van der Waals surface area contributed by atoms with E-state index in [9.17, 15) is 0 Å². The second kappa shape index (κ2) is 4.67. The van der Waals surface area contributed by atoms with Crippen LogP contribution in [0.2, 0.25) is 0 Å². The highest BCUT2D eigenvalue weighted by Crippen LogP contribution is 2.22. The predicted molar refractivity (Wildman–Crippen MR) is 71.0 cm³/mol.